The lowest BCUT2D eigenvalue weighted by Gasteiger charge is -2.23. The SMILES string of the molecule is CNC(=O)C(C)CN(C)C(=O)NC(C)CCCC(=O)O. The van der Waals surface area contributed by atoms with Gasteiger partial charge in [0.1, 0.15) is 0 Å². The molecule has 0 fully saturated rings. The second-order valence-corrected chi connectivity index (χ2v) is 5.03. The molecule has 20 heavy (non-hydrogen) atoms. The van der Waals surface area contributed by atoms with Crippen molar-refractivity contribution in [3.8, 4) is 0 Å². The molecular formula is C13H25N3O4. The molecule has 0 heterocycles. The van der Waals surface area contributed by atoms with E-state index < -0.39 is 5.97 Å². The molecule has 2 atom stereocenters. The molecule has 2 unspecified atom stereocenters. The second kappa shape index (κ2) is 9.17. The van der Waals surface area contributed by atoms with E-state index in [-0.39, 0.29) is 30.3 Å². The van der Waals surface area contributed by atoms with E-state index in [4.69, 9.17) is 5.11 Å². The molecule has 116 valence electrons. The van der Waals surface area contributed by atoms with Crippen molar-refractivity contribution in [3.05, 3.63) is 0 Å². The van der Waals surface area contributed by atoms with E-state index in [1.807, 2.05) is 6.92 Å². The van der Waals surface area contributed by atoms with Crippen LogP contribution in [0.25, 0.3) is 0 Å². The van der Waals surface area contributed by atoms with Gasteiger partial charge in [0.15, 0.2) is 0 Å². The molecule has 0 aromatic rings. The Morgan fingerprint density at radius 2 is 1.85 bits per heavy atom. The zero-order chi connectivity index (χ0) is 15.7. The topological polar surface area (TPSA) is 98.7 Å². The first-order valence-electron chi connectivity index (χ1n) is 6.73. The van der Waals surface area contributed by atoms with Gasteiger partial charge in [-0.1, -0.05) is 6.92 Å². The van der Waals surface area contributed by atoms with E-state index in [2.05, 4.69) is 10.6 Å². The van der Waals surface area contributed by atoms with Gasteiger partial charge in [-0.05, 0) is 19.8 Å². The highest BCUT2D eigenvalue weighted by Gasteiger charge is 2.18. The summed E-state index contributed by atoms with van der Waals surface area (Å²) in [5, 5.41) is 13.9. The number of aliphatic carboxylic acids is 1. The van der Waals surface area contributed by atoms with Gasteiger partial charge in [0.05, 0.1) is 5.92 Å². The van der Waals surface area contributed by atoms with Crippen LogP contribution in [0.4, 0.5) is 4.79 Å². The summed E-state index contributed by atoms with van der Waals surface area (Å²) in [6.45, 7) is 3.90. The highest BCUT2D eigenvalue weighted by atomic mass is 16.4. The number of nitrogens with one attached hydrogen (secondary N) is 2. The molecule has 0 aliphatic rings. The number of carbonyl (C=O) groups excluding carboxylic acids is 2. The molecule has 7 heteroatoms. The zero-order valence-electron chi connectivity index (χ0n) is 12.6. The average molecular weight is 287 g/mol. The summed E-state index contributed by atoms with van der Waals surface area (Å²) < 4.78 is 0. The maximum absolute atomic E-state index is 11.9. The molecular weight excluding hydrogens is 262 g/mol. The number of carbonyl (C=O) groups is 3. The molecule has 0 rings (SSSR count). The van der Waals surface area contributed by atoms with Gasteiger partial charge in [-0.15, -0.1) is 0 Å². The smallest absolute Gasteiger partial charge is 0.317 e. The van der Waals surface area contributed by atoms with Crippen molar-refractivity contribution in [1.82, 2.24) is 15.5 Å². The minimum atomic E-state index is -0.833. The van der Waals surface area contributed by atoms with E-state index in [1.165, 1.54) is 4.90 Å². The number of urea groups is 1. The first-order valence-corrected chi connectivity index (χ1v) is 6.73. The summed E-state index contributed by atoms with van der Waals surface area (Å²) in [7, 11) is 3.18. The minimum Gasteiger partial charge on any atom is -0.481 e. The lowest BCUT2D eigenvalue weighted by Crippen LogP contribution is -2.45. The van der Waals surface area contributed by atoms with Gasteiger partial charge in [0.25, 0.3) is 0 Å². The first-order chi connectivity index (χ1) is 9.27. The summed E-state index contributed by atoms with van der Waals surface area (Å²) >= 11 is 0. The Balaban J connectivity index is 4.06. The van der Waals surface area contributed by atoms with Gasteiger partial charge < -0.3 is 20.6 Å². The van der Waals surface area contributed by atoms with Crippen LogP contribution >= 0.6 is 0 Å². The molecule has 3 amide bonds. The fourth-order valence-electron chi connectivity index (χ4n) is 1.78. The molecule has 3 N–H and O–H groups in total. The molecule has 0 saturated heterocycles. The fourth-order valence-corrected chi connectivity index (χ4v) is 1.78. The molecule has 0 saturated carbocycles. The van der Waals surface area contributed by atoms with Crippen LogP contribution in [0.3, 0.4) is 0 Å². The van der Waals surface area contributed by atoms with E-state index in [1.54, 1.807) is 21.0 Å². The summed E-state index contributed by atoms with van der Waals surface area (Å²) in [6, 6.07) is -0.358. The largest absolute Gasteiger partial charge is 0.481 e. The summed E-state index contributed by atoms with van der Waals surface area (Å²) in [6.07, 6.45) is 1.23. The molecule has 0 bridgehead atoms. The van der Waals surface area contributed by atoms with Crippen molar-refractivity contribution in [2.45, 2.75) is 39.2 Å². The Morgan fingerprint density at radius 3 is 2.35 bits per heavy atom. The lowest BCUT2D eigenvalue weighted by molar-refractivity contribution is -0.137. The monoisotopic (exact) mass is 287 g/mol. The van der Waals surface area contributed by atoms with Crippen LogP contribution in [0.2, 0.25) is 0 Å². The number of hydrogen-bond acceptors (Lipinski definition) is 3. The molecule has 7 nitrogen and oxygen atoms in total. The van der Waals surface area contributed by atoms with Crippen LogP contribution < -0.4 is 10.6 Å². The third-order valence-corrected chi connectivity index (χ3v) is 2.99. The van der Waals surface area contributed by atoms with Crippen LogP contribution in [0.5, 0.6) is 0 Å². The molecule has 0 aromatic heterocycles. The Kier molecular flexibility index (Phi) is 8.35. The van der Waals surface area contributed by atoms with E-state index in [0.717, 1.165) is 0 Å². The minimum absolute atomic E-state index is 0.0976. The van der Waals surface area contributed by atoms with Crippen LogP contribution in [-0.2, 0) is 9.59 Å². The predicted molar refractivity (Wildman–Crippen MR) is 75.3 cm³/mol. The fraction of sp³-hybridized carbons (Fsp3) is 0.769. The normalized spacial score (nSPS) is 13.2. The van der Waals surface area contributed by atoms with Crippen LogP contribution in [0.1, 0.15) is 33.1 Å². The standard InChI is InChI=1S/C13H25N3O4/c1-9(12(19)14-3)8-16(4)13(20)15-10(2)6-5-7-11(17)18/h9-10H,5-8H2,1-4H3,(H,14,19)(H,15,20)(H,17,18). The Labute approximate surface area is 119 Å². The van der Waals surface area contributed by atoms with Gasteiger partial charge in [-0.25, -0.2) is 4.79 Å². The lowest BCUT2D eigenvalue weighted by atomic mass is 10.1. The number of nitrogens with zero attached hydrogens (tertiary/aromatic N) is 1. The number of hydrogen-bond donors (Lipinski definition) is 3. The summed E-state index contributed by atoms with van der Waals surface area (Å²) in [5.74, 6) is -1.22. The number of amides is 3. The van der Waals surface area contributed by atoms with Crippen LogP contribution in [0.15, 0.2) is 0 Å². The van der Waals surface area contributed by atoms with Crippen molar-refractivity contribution >= 4 is 17.9 Å². The molecule has 0 aromatic carbocycles. The quantitative estimate of drug-likeness (QED) is 0.610. The zero-order valence-corrected chi connectivity index (χ0v) is 12.6. The Bertz CT molecular complexity index is 347. The Morgan fingerprint density at radius 1 is 1.25 bits per heavy atom. The first kappa shape index (κ1) is 18.2. The molecule has 0 spiro atoms. The maximum Gasteiger partial charge on any atom is 0.317 e. The van der Waals surface area contributed by atoms with Crippen molar-refractivity contribution < 1.29 is 19.5 Å². The van der Waals surface area contributed by atoms with E-state index in [0.29, 0.717) is 19.4 Å². The van der Waals surface area contributed by atoms with E-state index >= 15 is 0 Å². The maximum atomic E-state index is 11.9. The van der Waals surface area contributed by atoms with Crippen molar-refractivity contribution in [3.63, 3.8) is 0 Å². The van der Waals surface area contributed by atoms with Gasteiger partial charge in [0, 0.05) is 33.1 Å². The predicted octanol–water partition coefficient (Wildman–Crippen LogP) is 0.653. The highest BCUT2D eigenvalue weighted by Crippen LogP contribution is 2.03. The number of carboxylic acid groups (broad SMARTS) is 1. The van der Waals surface area contributed by atoms with Gasteiger partial charge in [-0.2, -0.15) is 0 Å². The second-order valence-electron chi connectivity index (χ2n) is 5.03. The number of rotatable bonds is 8. The van der Waals surface area contributed by atoms with Gasteiger partial charge in [-0.3, -0.25) is 9.59 Å². The molecule has 0 aliphatic carbocycles. The van der Waals surface area contributed by atoms with Gasteiger partial charge >= 0.3 is 12.0 Å². The molecule has 0 radical (unpaired) electrons. The summed E-state index contributed by atoms with van der Waals surface area (Å²) in [5.41, 5.74) is 0. The third kappa shape index (κ3) is 7.60. The molecule has 0 aliphatic heterocycles. The summed E-state index contributed by atoms with van der Waals surface area (Å²) in [4.78, 5) is 35.1. The van der Waals surface area contributed by atoms with E-state index in [9.17, 15) is 14.4 Å². The third-order valence-electron chi connectivity index (χ3n) is 2.99. The average Bonchev–Trinajstić information content (AvgIpc) is 2.36. The van der Waals surface area contributed by atoms with Crippen molar-refractivity contribution in [2.75, 3.05) is 20.6 Å². The van der Waals surface area contributed by atoms with Crippen LogP contribution in [0, 0.1) is 5.92 Å². The van der Waals surface area contributed by atoms with Crippen molar-refractivity contribution in [1.29, 1.82) is 0 Å². The van der Waals surface area contributed by atoms with Crippen molar-refractivity contribution in [2.24, 2.45) is 5.92 Å². The Hall–Kier alpha value is -1.79. The number of carboxylic acids is 1. The highest BCUT2D eigenvalue weighted by molar-refractivity contribution is 5.79. The van der Waals surface area contributed by atoms with Crippen LogP contribution in [-0.4, -0.2) is 54.6 Å². The van der Waals surface area contributed by atoms with Gasteiger partial charge in [0.2, 0.25) is 5.91 Å².